The van der Waals surface area contributed by atoms with Crippen molar-refractivity contribution < 1.29 is 0 Å². The highest BCUT2D eigenvalue weighted by Gasteiger charge is 2.13. The third kappa shape index (κ3) is 2.24. The lowest BCUT2D eigenvalue weighted by Crippen LogP contribution is -2.35. The average molecular weight is 295 g/mol. The predicted molar refractivity (Wildman–Crippen MR) is 89.5 cm³/mol. The van der Waals surface area contributed by atoms with E-state index in [1.807, 2.05) is 45.5 Å². The normalized spacial score (nSPS) is 16.5. The van der Waals surface area contributed by atoms with E-state index in [0.29, 0.717) is 0 Å². The molecule has 22 heavy (non-hydrogen) atoms. The molecule has 4 nitrogen and oxygen atoms in total. The van der Waals surface area contributed by atoms with Gasteiger partial charge in [-0.05, 0) is 50.2 Å². The summed E-state index contributed by atoms with van der Waals surface area (Å²) in [5.74, 6) is 0. The molecular formula is C18H21N3O. The Balaban J connectivity index is 1.77. The molecule has 3 heterocycles. The van der Waals surface area contributed by atoms with Gasteiger partial charge in [0.1, 0.15) is 5.52 Å². The molecule has 1 aliphatic heterocycles. The van der Waals surface area contributed by atoms with Crippen molar-refractivity contribution in [3.63, 3.8) is 0 Å². The van der Waals surface area contributed by atoms with Gasteiger partial charge < -0.3 is 13.9 Å². The summed E-state index contributed by atoms with van der Waals surface area (Å²) in [6.07, 6.45) is 5.88. The van der Waals surface area contributed by atoms with Gasteiger partial charge in [0.2, 0.25) is 0 Å². The molecule has 4 rings (SSSR count). The zero-order chi connectivity index (χ0) is 14.9. The maximum atomic E-state index is 12.8. The Morgan fingerprint density at radius 3 is 2.36 bits per heavy atom. The minimum atomic E-state index is 0.112. The van der Waals surface area contributed by atoms with Crippen LogP contribution in [-0.2, 0) is 6.54 Å². The van der Waals surface area contributed by atoms with E-state index in [0.717, 1.165) is 29.6 Å². The molecule has 0 atom stereocenters. The number of rotatable bonds is 3. The van der Waals surface area contributed by atoms with Gasteiger partial charge in [-0.15, -0.1) is 0 Å². The molecule has 0 aliphatic carbocycles. The van der Waals surface area contributed by atoms with E-state index in [1.54, 1.807) is 0 Å². The fourth-order valence-electron chi connectivity index (χ4n) is 3.56. The van der Waals surface area contributed by atoms with E-state index in [4.69, 9.17) is 0 Å². The summed E-state index contributed by atoms with van der Waals surface area (Å²) in [6.45, 7) is 4.06. The molecule has 1 aromatic carbocycles. The summed E-state index contributed by atoms with van der Waals surface area (Å²) in [4.78, 5) is 15.3. The van der Waals surface area contributed by atoms with Gasteiger partial charge in [-0.25, -0.2) is 0 Å². The molecule has 2 aromatic heterocycles. The van der Waals surface area contributed by atoms with Crippen LogP contribution < -0.4 is 5.56 Å². The minimum Gasteiger partial charge on any atom is -0.310 e. The second-order valence-electron chi connectivity index (χ2n) is 6.11. The van der Waals surface area contributed by atoms with Crippen molar-refractivity contribution in [1.82, 2.24) is 13.9 Å². The molecule has 0 unspecified atom stereocenters. The standard InChI is InChI=1S/C18H21N3O/c22-18-17-9-6-12-20(17)15-7-2-3-8-16(15)21(18)14-13-19-10-4-1-5-11-19/h2-3,6-9,12H,1,4-5,10-11,13-14H2. The van der Waals surface area contributed by atoms with Crippen LogP contribution in [0.1, 0.15) is 19.3 Å². The van der Waals surface area contributed by atoms with Crippen molar-refractivity contribution in [2.75, 3.05) is 19.6 Å². The molecule has 0 amide bonds. The Morgan fingerprint density at radius 2 is 1.55 bits per heavy atom. The number of aromatic nitrogens is 2. The zero-order valence-electron chi connectivity index (χ0n) is 12.7. The Bertz CT molecular complexity index is 856. The summed E-state index contributed by atoms with van der Waals surface area (Å²) in [5, 5.41) is 0. The maximum Gasteiger partial charge on any atom is 0.275 e. The van der Waals surface area contributed by atoms with Crippen LogP contribution >= 0.6 is 0 Å². The van der Waals surface area contributed by atoms with Crippen molar-refractivity contribution in [2.45, 2.75) is 25.8 Å². The number of hydrogen-bond acceptors (Lipinski definition) is 2. The molecule has 1 saturated heterocycles. The highest BCUT2D eigenvalue weighted by atomic mass is 16.1. The van der Waals surface area contributed by atoms with Gasteiger partial charge in [0, 0.05) is 19.3 Å². The molecular weight excluding hydrogens is 274 g/mol. The molecule has 0 spiro atoms. The van der Waals surface area contributed by atoms with Crippen LogP contribution in [-0.4, -0.2) is 33.5 Å². The summed E-state index contributed by atoms with van der Waals surface area (Å²) in [6, 6.07) is 12.0. The van der Waals surface area contributed by atoms with E-state index < -0.39 is 0 Å². The van der Waals surface area contributed by atoms with E-state index >= 15 is 0 Å². The smallest absolute Gasteiger partial charge is 0.275 e. The van der Waals surface area contributed by atoms with Crippen LogP contribution in [0.2, 0.25) is 0 Å². The van der Waals surface area contributed by atoms with Crippen LogP contribution in [0, 0.1) is 0 Å². The van der Waals surface area contributed by atoms with Gasteiger partial charge in [-0.1, -0.05) is 18.6 Å². The number of benzene rings is 1. The number of piperidine rings is 1. The van der Waals surface area contributed by atoms with Crippen molar-refractivity contribution in [2.24, 2.45) is 0 Å². The van der Waals surface area contributed by atoms with Crippen LogP contribution in [0.3, 0.4) is 0 Å². The predicted octanol–water partition coefficient (Wildman–Crippen LogP) is 2.74. The van der Waals surface area contributed by atoms with E-state index in [1.165, 1.54) is 32.4 Å². The Labute approximate surface area is 129 Å². The number of nitrogens with zero attached hydrogens (tertiary/aromatic N) is 3. The van der Waals surface area contributed by atoms with Crippen molar-refractivity contribution in [3.05, 3.63) is 52.9 Å². The second kappa shape index (κ2) is 5.61. The van der Waals surface area contributed by atoms with Crippen LogP contribution in [0.15, 0.2) is 47.4 Å². The van der Waals surface area contributed by atoms with Crippen LogP contribution in [0.4, 0.5) is 0 Å². The van der Waals surface area contributed by atoms with Crippen LogP contribution in [0.25, 0.3) is 16.6 Å². The quantitative estimate of drug-likeness (QED) is 0.743. The van der Waals surface area contributed by atoms with Crippen molar-refractivity contribution >= 4 is 16.6 Å². The monoisotopic (exact) mass is 295 g/mol. The lowest BCUT2D eigenvalue weighted by atomic mass is 10.1. The molecule has 1 aliphatic rings. The van der Waals surface area contributed by atoms with Gasteiger partial charge in [0.15, 0.2) is 0 Å². The average Bonchev–Trinajstić information content (AvgIpc) is 3.06. The topological polar surface area (TPSA) is 29.6 Å². The summed E-state index contributed by atoms with van der Waals surface area (Å²) in [5.41, 5.74) is 2.99. The van der Waals surface area contributed by atoms with Crippen molar-refractivity contribution in [1.29, 1.82) is 0 Å². The van der Waals surface area contributed by atoms with Gasteiger partial charge in [0.05, 0.1) is 11.0 Å². The third-order valence-corrected chi connectivity index (χ3v) is 4.73. The second-order valence-corrected chi connectivity index (χ2v) is 6.11. The van der Waals surface area contributed by atoms with Gasteiger partial charge in [0.25, 0.3) is 5.56 Å². The first-order valence-corrected chi connectivity index (χ1v) is 8.15. The third-order valence-electron chi connectivity index (χ3n) is 4.73. The van der Waals surface area contributed by atoms with Gasteiger partial charge in [-0.2, -0.15) is 0 Å². The number of fused-ring (bicyclic) bond motifs is 3. The maximum absolute atomic E-state index is 12.8. The largest absolute Gasteiger partial charge is 0.310 e. The fourth-order valence-corrected chi connectivity index (χ4v) is 3.56. The first-order valence-electron chi connectivity index (χ1n) is 8.15. The Hall–Kier alpha value is -2.07. The molecule has 0 saturated carbocycles. The van der Waals surface area contributed by atoms with E-state index in [2.05, 4.69) is 11.0 Å². The molecule has 3 aromatic rings. The number of likely N-dealkylation sites (tertiary alicyclic amines) is 1. The zero-order valence-corrected chi connectivity index (χ0v) is 12.7. The lowest BCUT2D eigenvalue weighted by Gasteiger charge is -2.26. The summed E-state index contributed by atoms with van der Waals surface area (Å²) in [7, 11) is 0. The van der Waals surface area contributed by atoms with Crippen LogP contribution in [0.5, 0.6) is 0 Å². The highest BCUT2D eigenvalue weighted by molar-refractivity contribution is 5.78. The summed E-state index contributed by atoms with van der Waals surface area (Å²) >= 11 is 0. The Kier molecular flexibility index (Phi) is 3.47. The fraction of sp³-hybridized carbons (Fsp3) is 0.389. The van der Waals surface area contributed by atoms with E-state index in [9.17, 15) is 4.79 Å². The van der Waals surface area contributed by atoms with Gasteiger partial charge >= 0.3 is 0 Å². The summed E-state index contributed by atoms with van der Waals surface area (Å²) < 4.78 is 3.94. The van der Waals surface area contributed by atoms with Crippen molar-refractivity contribution in [3.8, 4) is 0 Å². The molecule has 114 valence electrons. The lowest BCUT2D eigenvalue weighted by molar-refractivity contribution is 0.221. The number of hydrogen-bond donors (Lipinski definition) is 0. The molecule has 0 bridgehead atoms. The molecule has 0 N–H and O–H groups in total. The van der Waals surface area contributed by atoms with Gasteiger partial charge in [-0.3, -0.25) is 4.79 Å². The molecule has 1 fully saturated rings. The van der Waals surface area contributed by atoms with E-state index in [-0.39, 0.29) is 5.56 Å². The highest BCUT2D eigenvalue weighted by Crippen LogP contribution is 2.15. The Morgan fingerprint density at radius 1 is 0.818 bits per heavy atom. The first kappa shape index (κ1) is 13.6. The number of para-hydroxylation sites is 2. The molecule has 4 heteroatoms. The molecule has 0 radical (unpaired) electrons. The SMILES string of the molecule is O=c1c2cccn2c2ccccc2n1CCN1CCCCC1. The minimum absolute atomic E-state index is 0.112. The first-order chi connectivity index (χ1) is 10.8.